The quantitative estimate of drug-likeness (QED) is 0.808. The minimum absolute atomic E-state index is 0.0254. The molecule has 4 heteroatoms. The van der Waals surface area contributed by atoms with E-state index in [1.165, 1.54) is 0 Å². The van der Waals surface area contributed by atoms with Crippen LogP contribution in [0.4, 0.5) is 11.4 Å². The fourth-order valence-corrected chi connectivity index (χ4v) is 2.66. The number of para-hydroxylation sites is 1. The SMILES string of the molecule is CCN(CC)c1ccc(C(=O)NCCN(C)c2ccccc2)cc1. The van der Waals surface area contributed by atoms with Gasteiger partial charge in [-0.1, -0.05) is 18.2 Å². The van der Waals surface area contributed by atoms with Crippen LogP contribution in [0.25, 0.3) is 0 Å². The van der Waals surface area contributed by atoms with Crippen LogP contribution < -0.4 is 15.1 Å². The molecule has 0 fully saturated rings. The molecule has 24 heavy (non-hydrogen) atoms. The largest absolute Gasteiger partial charge is 0.373 e. The summed E-state index contributed by atoms with van der Waals surface area (Å²) in [7, 11) is 2.03. The second-order valence-corrected chi connectivity index (χ2v) is 5.73. The Bertz CT molecular complexity index is 621. The van der Waals surface area contributed by atoms with E-state index in [0.717, 1.165) is 31.0 Å². The smallest absolute Gasteiger partial charge is 0.251 e. The molecule has 0 atom stereocenters. The minimum atomic E-state index is -0.0254. The second kappa shape index (κ2) is 8.96. The molecular weight excluding hydrogens is 298 g/mol. The highest BCUT2D eigenvalue weighted by Gasteiger charge is 2.07. The van der Waals surface area contributed by atoms with Crippen molar-refractivity contribution in [3.8, 4) is 0 Å². The Balaban J connectivity index is 1.84. The summed E-state index contributed by atoms with van der Waals surface area (Å²) in [5.41, 5.74) is 3.00. The first-order valence-corrected chi connectivity index (χ1v) is 8.55. The number of nitrogens with one attached hydrogen (secondary N) is 1. The van der Waals surface area contributed by atoms with Crippen molar-refractivity contribution < 1.29 is 4.79 Å². The lowest BCUT2D eigenvalue weighted by molar-refractivity contribution is 0.0955. The predicted octanol–water partition coefficient (Wildman–Crippen LogP) is 3.40. The van der Waals surface area contributed by atoms with Crippen molar-refractivity contribution in [1.82, 2.24) is 5.32 Å². The van der Waals surface area contributed by atoms with Gasteiger partial charge < -0.3 is 15.1 Å². The van der Waals surface area contributed by atoms with Gasteiger partial charge in [-0.3, -0.25) is 4.79 Å². The summed E-state index contributed by atoms with van der Waals surface area (Å²) < 4.78 is 0. The van der Waals surface area contributed by atoms with Gasteiger partial charge in [-0.25, -0.2) is 0 Å². The highest BCUT2D eigenvalue weighted by Crippen LogP contribution is 2.15. The third-order valence-corrected chi connectivity index (χ3v) is 4.19. The van der Waals surface area contributed by atoms with Crippen molar-refractivity contribution in [2.24, 2.45) is 0 Å². The summed E-state index contributed by atoms with van der Waals surface area (Å²) in [5.74, 6) is -0.0254. The number of hydrogen-bond donors (Lipinski definition) is 1. The van der Waals surface area contributed by atoms with Gasteiger partial charge in [0.25, 0.3) is 5.91 Å². The molecule has 0 aliphatic heterocycles. The van der Waals surface area contributed by atoms with Crippen LogP contribution in [0.5, 0.6) is 0 Å². The van der Waals surface area contributed by atoms with Crippen LogP contribution in [0.15, 0.2) is 54.6 Å². The van der Waals surface area contributed by atoms with Crippen LogP contribution in [0.2, 0.25) is 0 Å². The van der Waals surface area contributed by atoms with Gasteiger partial charge in [-0.2, -0.15) is 0 Å². The van der Waals surface area contributed by atoms with Crippen LogP contribution in [0, 0.1) is 0 Å². The molecule has 0 unspecified atom stereocenters. The molecular formula is C20H27N3O. The van der Waals surface area contributed by atoms with E-state index in [1.807, 2.05) is 49.5 Å². The maximum Gasteiger partial charge on any atom is 0.251 e. The topological polar surface area (TPSA) is 35.6 Å². The number of rotatable bonds is 8. The molecule has 2 aromatic rings. The lowest BCUT2D eigenvalue weighted by atomic mass is 10.2. The Morgan fingerprint density at radius 3 is 2.12 bits per heavy atom. The van der Waals surface area contributed by atoms with Crippen LogP contribution >= 0.6 is 0 Å². The maximum absolute atomic E-state index is 12.2. The second-order valence-electron chi connectivity index (χ2n) is 5.73. The first-order valence-electron chi connectivity index (χ1n) is 8.55. The van der Waals surface area contributed by atoms with Crippen LogP contribution in [-0.4, -0.2) is 39.1 Å². The zero-order chi connectivity index (χ0) is 17.4. The lowest BCUT2D eigenvalue weighted by Gasteiger charge is -2.21. The Morgan fingerprint density at radius 2 is 1.54 bits per heavy atom. The molecule has 0 heterocycles. The normalized spacial score (nSPS) is 10.3. The lowest BCUT2D eigenvalue weighted by Crippen LogP contribution is -2.33. The molecule has 2 aromatic carbocycles. The van der Waals surface area contributed by atoms with Crippen molar-refractivity contribution in [2.75, 3.05) is 43.0 Å². The van der Waals surface area contributed by atoms with Gasteiger partial charge in [0, 0.05) is 50.2 Å². The summed E-state index contributed by atoms with van der Waals surface area (Å²) >= 11 is 0. The third-order valence-electron chi connectivity index (χ3n) is 4.19. The van der Waals surface area contributed by atoms with Gasteiger partial charge in [0.1, 0.15) is 0 Å². The molecule has 1 N–H and O–H groups in total. The number of likely N-dealkylation sites (N-methyl/N-ethyl adjacent to an activating group) is 1. The average molecular weight is 325 g/mol. The molecule has 1 amide bonds. The van der Waals surface area contributed by atoms with E-state index in [-0.39, 0.29) is 5.91 Å². The fourth-order valence-electron chi connectivity index (χ4n) is 2.66. The van der Waals surface area contributed by atoms with Gasteiger partial charge in [0.15, 0.2) is 0 Å². The highest BCUT2D eigenvalue weighted by molar-refractivity contribution is 5.94. The zero-order valence-electron chi connectivity index (χ0n) is 14.8. The van der Waals surface area contributed by atoms with Crippen LogP contribution in [-0.2, 0) is 0 Å². The molecule has 0 bridgehead atoms. The monoisotopic (exact) mass is 325 g/mol. The van der Waals surface area contributed by atoms with E-state index in [4.69, 9.17) is 0 Å². The standard InChI is InChI=1S/C20H27N3O/c1-4-23(5-2)19-13-11-17(12-14-19)20(24)21-15-16-22(3)18-9-7-6-8-10-18/h6-14H,4-5,15-16H2,1-3H3,(H,21,24). The van der Waals surface area contributed by atoms with Crippen molar-refractivity contribution in [3.05, 3.63) is 60.2 Å². The molecule has 0 aliphatic rings. The molecule has 0 radical (unpaired) electrons. The van der Waals surface area contributed by atoms with Crippen molar-refractivity contribution in [3.63, 3.8) is 0 Å². The number of nitrogens with zero attached hydrogens (tertiary/aromatic N) is 2. The number of benzene rings is 2. The predicted molar refractivity (Wildman–Crippen MR) is 102 cm³/mol. The fraction of sp³-hybridized carbons (Fsp3) is 0.350. The van der Waals surface area contributed by atoms with Crippen molar-refractivity contribution in [2.45, 2.75) is 13.8 Å². The molecule has 2 rings (SSSR count). The summed E-state index contributed by atoms with van der Waals surface area (Å²) in [6.07, 6.45) is 0. The first kappa shape index (κ1) is 17.9. The summed E-state index contributed by atoms with van der Waals surface area (Å²) in [6, 6.07) is 18.0. The number of anilines is 2. The van der Waals surface area contributed by atoms with E-state index in [1.54, 1.807) is 0 Å². The Kier molecular flexibility index (Phi) is 6.67. The molecule has 0 saturated heterocycles. The molecule has 0 saturated carbocycles. The number of carbonyl (C=O) groups is 1. The molecule has 128 valence electrons. The Hall–Kier alpha value is -2.49. The highest BCUT2D eigenvalue weighted by atomic mass is 16.1. The summed E-state index contributed by atoms with van der Waals surface area (Å²) in [5, 5.41) is 2.98. The van der Waals surface area contributed by atoms with Gasteiger partial charge in [0.05, 0.1) is 0 Å². The van der Waals surface area contributed by atoms with Gasteiger partial charge in [-0.05, 0) is 50.2 Å². The molecule has 0 aromatic heterocycles. The third kappa shape index (κ3) is 4.75. The van der Waals surface area contributed by atoms with Gasteiger partial charge >= 0.3 is 0 Å². The Labute approximate surface area is 145 Å². The molecule has 0 spiro atoms. The summed E-state index contributed by atoms with van der Waals surface area (Å²) in [4.78, 5) is 16.6. The van der Waals surface area contributed by atoms with Gasteiger partial charge in [-0.15, -0.1) is 0 Å². The first-order chi connectivity index (χ1) is 11.7. The van der Waals surface area contributed by atoms with Crippen LogP contribution in [0.1, 0.15) is 24.2 Å². The van der Waals surface area contributed by atoms with E-state index in [0.29, 0.717) is 12.1 Å². The van der Waals surface area contributed by atoms with E-state index in [2.05, 4.69) is 41.1 Å². The van der Waals surface area contributed by atoms with Crippen LogP contribution in [0.3, 0.4) is 0 Å². The molecule has 4 nitrogen and oxygen atoms in total. The van der Waals surface area contributed by atoms with E-state index >= 15 is 0 Å². The number of hydrogen-bond acceptors (Lipinski definition) is 3. The maximum atomic E-state index is 12.2. The zero-order valence-corrected chi connectivity index (χ0v) is 14.8. The van der Waals surface area contributed by atoms with E-state index in [9.17, 15) is 4.79 Å². The van der Waals surface area contributed by atoms with Gasteiger partial charge in [0.2, 0.25) is 0 Å². The number of carbonyl (C=O) groups excluding carboxylic acids is 1. The Morgan fingerprint density at radius 1 is 0.917 bits per heavy atom. The van der Waals surface area contributed by atoms with Crippen molar-refractivity contribution in [1.29, 1.82) is 0 Å². The number of amides is 1. The summed E-state index contributed by atoms with van der Waals surface area (Å²) in [6.45, 7) is 7.58. The van der Waals surface area contributed by atoms with E-state index < -0.39 is 0 Å². The molecule has 0 aliphatic carbocycles. The minimum Gasteiger partial charge on any atom is -0.373 e. The average Bonchev–Trinajstić information content (AvgIpc) is 2.64. The van der Waals surface area contributed by atoms with Crippen molar-refractivity contribution >= 4 is 17.3 Å².